The summed E-state index contributed by atoms with van der Waals surface area (Å²) in [5.74, 6) is 1.00. The number of hydrogen-bond donors (Lipinski definition) is 1. The molecular weight excluding hydrogens is 379 g/mol. The molecule has 1 saturated heterocycles. The Bertz CT molecular complexity index is 753. The van der Waals surface area contributed by atoms with E-state index >= 15 is 0 Å². The van der Waals surface area contributed by atoms with Gasteiger partial charge in [0, 0.05) is 24.2 Å². The van der Waals surface area contributed by atoms with Crippen molar-refractivity contribution < 1.29 is 4.79 Å². The molecule has 0 radical (unpaired) electrons. The second kappa shape index (κ2) is 8.74. The zero-order valence-electron chi connectivity index (χ0n) is 13.5. The number of carbonyl (C=O) groups excluding carboxylic acids is 1. The van der Waals surface area contributed by atoms with Gasteiger partial charge >= 0.3 is 0 Å². The van der Waals surface area contributed by atoms with Crippen LogP contribution >= 0.6 is 35.0 Å². The van der Waals surface area contributed by atoms with Gasteiger partial charge < -0.3 is 10.2 Å². The smallest absolute Gasteiger partial charge is 0.234 e. The van der Waals surface area contributed by atoms with Crippen LogP contribution in [0, 0.1) is 0 Å². The van der Waals surface area contributed by atoms with E-state index in [0.717, 1.165) is 23.9 Å². The van der Waals surface area contributed by atoms with Crippen molar-refractivity contribution in [2.45, 2.75) is 24.3 Å². The first-order valence-corrected chi connectivity index (χ1v) is 9.81. The van der Waals surface area contributed by atoms with Crippen molar-refractivity contribution in [3.63, 3.8) is 0 Å². The van der Waals surface area contributed by atoms with Crippen molar-refractivity contribution in [2.75, 3.05) is 29.1 Å². The standard InChI is InChI=1S/C17H18Cl2N4OS/c18-12-4-5-13(19)14(8-12)22-16(24)10-25-17-9-15(20-11-21-17)23-6-2-1-3-7-23/h4-5,8-9,11H,1-3,6-7,10H2,(H,22,24). The van der Waals surface area contributed by atoms with Crippen molar-refractivity contribution >= 4 is 52.4 Å². The summed E-state index contributed by atoms with van der Waals surface area (Å²) in [5, 5.41) is 4.53. The monoisotopic (exact) mass is 396 g/mol. The van der Waals surface area contributed by atoms with Crippen molar-refractivity contribution in [1.82, 2.24) is 9.97 Å². The summed E-state index contributed by atoms with van der Waals surface area (Å²) in [4.78, 5) is 23.0. The van der Waals surface area contributed by atoms with E-state index in [4.69, 9.17) is 23.2 Å². The molecule has 132 valence electrons. The Labute approximate surface area is 161 Å². The molecule has 0 saturated carbocycles. The number of carbonyl (C=O) groups is 1. The van der Waals surface area contributed by atoms with Gasteiger partial charge in [-0.05, 0) is 37.5 Å². The molecule has 0 spiro atoms. The van der Waals surface area contributed by atoms with Crippen LogP contribution in [0.3, 0.4) is 0 Å². The SMILES string of the molecule is O=C(CSc1cc(N2CCCCC2)ncn1)Nc1cc(Cl)ccc1Cl. The van der Waals surface area contributed by atoms with Gasteiger partial charge in [0.1, 0.15) is 17.2 Å². The molecule has 1 aliphatic heterocycles. The van der Waals surface area contributed by atoms with Crippen LogP contribution in [-0.2, 0) is 4.79 Å². The number of benzene rings is 1. The zero-order chi connectivity index (χ0) is 17.6. The third-order valence-electron chi connectivity index (χ3n) is 3.86. The van der Waals surface area contributed by atoms with E-state index < -0.39 is 0 Å². The normalized spacial score (nSPS) is 14.4. The minimum atomic E-state index is -0.160. The predicted octanol–water partition coefficient (Wildman–Crippen LogP) is 4.50. The van der Waals surface area contributed by atoms with Gasteiger partial charge in [0.2, 0.25) is 5.91 Å². The fourth-order valence-electron chi connectivity index (χ4n) is 2.62. The number of piperidine rings is 1. The minimum absolute atomic E-state index is 0.160. The van der Waals surface area contributed by atoms with Gasteiger partial charge in [-0.25, -0.2) is 9.97 Å². The number of thioether (sulfide) groups is 1. The molecule has 5 nitrogen and oxygen atoms in total. The average molecular weight is 397 g/mol. The van der Waals surface area contributed by atoms with Crippen LogP contribution in [0.1, 0.15) is 19.3 Å². The fraction of sp³-hybridized carbons (Fsp3) is 0.353. The van der Waals surface area contributed by atoms with E-state index in [9.17, 15) is 4.79 Å². The Morgan fingerprint density at radius 3 is 2.76 bits per heavy atom. The third kappa shape index (κ3) is 5.23. The highest BCUT2D eigenvalue weighted by Gasteiger charge is 2.13. The summed E-state index contributed by atoms with van der Waals surface area (Å²) in [6, 6.07) is 6.90. The molecule has 25 heavy (non-hydrogen) atoms. The first-order chi connectivity index (χ1) is 12.1. The highest BCUT2D eigenvalue weighted by Crippen LogP contribution is 2.26. The van der Waals surface area contributed by atoms with Crippen LogP contribution in [0.25, 0.3) is 0 Å². The number of nitrogens with zero attached hydrogens (tertiary/aromatic N) is 3. The first-order valence-electron chi connectivity index (χ1n) is 8.06. The lowest BCUT2D eigenvalue weighted by Gasteiger charge is -2.27. The van der Waals surface area contributed by atoms with Crippen LogP contribution in [0.5, 0.6) is 0 Å². The summed E-state index contributed by atoms with van der Waals surface area (Å²) in [6.45, 7) is 2.05. The molecular formula is C17H18Cl2N4OS. The number of amides is 1. The van der Waals surface area contributed by atoms with Crippen molar-refractivity contribution in [3.05, 3.63) is 40.6 Å². The molecule has 0 atom stereocenters. The summed E-state index contributed by atoms with van der Waals surface area (Å²) in [6.07, 6.45) is 5.21. The highest BCUT2D eigenvalue weighted by atomic mass is 35.5. The van der Waals surface area contributed by atoms with E-state index in [1.165, 1.54) is 31.0 Å². The van der Waals surface area contributed by atoms with E-state index in [2.05, 4.69) is 20.2 Å². The molecule has 1 aromatic heterocycles. The maximum atomic E-state index is 12.1. The Morgan fingerprint density at radius 2 is 1.96 bits per heavy atom. The minimum Gasteiger partial charge on any atom is -0.356 e. The lowest BCUT2D eigenvalue weighted by Crippen LogP contribution is -2.30. The number of rotatable bonds is 5. The van der Waals surface area contributed by atoms with E-state index in [0.29, 0.717) is 15.7 Å². The summed E-state index contributed by atoms with van der Waals surface area (Å²) in [5.41, 5.74) is 0.511. The zero-order valence-corrected chi connectivity index (χ0v) is 15.9. The van der Waals surface area contributed by atoms with Gasteiger partial charge in [-0.2, -0.15) is 0 Å². The molecule has 2 aromatic rings. The van der Waals surface area contributed by atoms with Crippen LogP contribution in [-0.4, -0.2) is 34.7 Å². The summed E-state index contributed by atoms with van der Waals surface area (Å²) in [7, 11) is 0. The topological polar surface area (TPSA) is 58.1 Å². The molecule has 1 amide bonds. The fourth-order valence-corrected chi connectivity index (χ4v) is 3.62. The number of halogens is 2. The van der Waals surface area contributed by atoms with Gasteiger partial charge in [-0.3, -0.25) is 4.79 Å². The quantitative estimate of drug-likeness (QED) is 0.595. The molecule has 0 bridgehead atoms. The predicted molar refractivity (Wildman–Crippen MR) is 104 cm³/mol. The molecule has 1 fully saturated rings. The molecule has 0 unspecified atom stereocenters. The summed E-state index contributed by atoms with van der Waals surface area (Å²) < 4.78 is 0. The van der Waals surface area contributed by atoms with E-state index in [1.54, 1.807) is 24.5 Å². The highest BCUT2D eigenvalue weighted by molar-refractivity contribution is 7.99. The molecule has 1 N–H and O–H groups in total. The molecule has 3 rings (SSSR count). The lowest BCUT2D eigenvalue weighted by molar-refractivity contribution is -0.113. The first kappa shape index (κ1) is 18.3. The van der Waals surface area contributed by atoms with Crippen LogP contribution < -0.4 is 10.2 Å². The van der Waals surface area contributed by atoms with Gasteiger partial charge in [0.05, 0.1) is 16.5 Å². The lowest BCUT2D eigenvalue weighted by atomic mass is 10.1. The second-order valence-electron chi connectivity index (χ2n) is 5.72. The van der Waals surface area contributed by atoms with Crippen LogP contribution in [0.15, 0.2) is 35.6 Å². The molecule has 2 heterocycles. The van der Waals surface area contributed by atoms with Gasteiger partial charge in [-0.1, -0.05) is 35.0 Å². The molecule has 1 aromatic carbocycles. The Balaban J connectivity index is 1.57. The van der Waals surface area contributed by atoms with Crippen LogP contribution in [0.2, 0.25) is 10.0 Å². The molecule has 8 heteroatoms. The number of hydrogen-bond acceptors (Lipinski definition) is 5. The third-order valence-corrected chi connectivity index (χ3v) is 5.35. The van der Waals surface area contributed by atoms with Crippen LogP contribution in [0.4, 0.5) is 11.5 Å². The second-order valence-corrected chi connectivity index (χ2v) is 7.56. The van der Waals surface area contributed by atoms with E-state index in [1.807, 2.05) is 6.07 Å². The largest absolute Gasteiger partial charge is 0.356 e. The summed E-state index contributed by atoms with van der Waals surface area (Å²) >= 11 is 13.4. The maximum absolute atomic E-state index is 12.1. The van der Waals surface area contributed by atoms with E-state index in [-0.39, 0.29) is 11.7 Å². The maximum Gasteiger partial charge on any atom is 0.234 e. The number of nitrogens with one attached hydrogen (secondary N) is 1. The van der Waals surface area contributed by atoms with Gasteiger partial charge in [0.15, 0.2) is 0 Å². The Morgan fingerprint density at radius 1 is 1.16 bits per heavy atom. The van der Waals surface area contributed by atoms with Gasteiger partial charge in [0.25, 0.3) is 0 Å². The van der Waals surface area contributed by atoms with Gasteiger partial charge in [-0.15, -0.1) is 0 Å². The van der Waals surface area contributed by atoms with Crippen molar-refractivity contribution in [2.24, 2.45) is 0 Å². The van der Waals surface area contributed by atoms with Crippen molar-refractivity contribution in [1.29, 1.82) is 0 Å². The average Bonchev–Trinajstić information content (AvgIpc) is 2.64. The number of anilines is 2. The number of aromatic nitrogens is 2. The molecule has 0 aliphatic carbocycles. The Hall–Kier alpha value is -1.50. The molecule has 1 aliphatic rings. The van der Waals surface area contributed by atoms with Crippen molar-refractivity contribution in [3.8, 4) is 0 Å². The Kier molecular flexibility index (Phi) is 6.39.